The van der Waals surface area contributed by atoms with Crippen molar-refractivity contribution in [3.05, 3.63) is 0 Å². The number of aliphatic hydroxyl groups excluding tert-OH is 5. The fraction of sp³-hybridized carbons (Fsp3) is 0.833. The predicted octanol–water partition coefficient (Wildman–Crippen LogP) is -3.38. The number of aliphatic hydroxyl groups is 5. The number of aldehydes is 1. The molecule has 0 spiro atoms. The Morgan fingerprint density at radius 1 is 1.08 bits per heavy atom. The highest BCUT2D eigenvalue weighted by Gasteiger charge is 2.29. The van der Waals surface area contributed by atoms with Crippen molar-refractivity contribution in [1.82, 2.24) is 0 Å². The average Bonchev–Trinajstić information content (AvgIpc) is 2.12. The quantitative estimate of drug-likeness (QED) is 0.223. The van der Waals surface area contributed by atoms with Gasteiger partial charge in [0.05, 0.1) is 6.61 Å². The zero-order valence-electron chi connectivity index (χ0n) is 6.24. The van der Waals surface area contributed by atoms with Gasteiger partial charge in [0.1, 0.15) is 24.4 Å². The Hall–Kier alpha value is -0.530. The van der Waals surface area contributed by atoms with Crippen LogP contribution in [0.1, 0.15) is 0 Å². The summed E-state index contributed by atoms with van der Waals surface area (Å²) >= 11 is 0. The summed E-state index contributed by atoms with van der Waals surface area (Å²) in [4.78, 5) is 9.90. The smallest absolute Gasteiger partial charge is 0.151 e. The van der Waals surface area contributed by atoms with Crippen molar-refractivity contribution in [2.45, 2.75) is 24.4 Å². The van der Waals surface area contributed by atoms with Crippen molar-refractivity contribution in [2.24, 2.45) is 0 Å². The van der Waals surface area contributed by atoms with Gasteiger partial charge in [0.2, 0.25) is 0 Å². The number of carbonyl (C=O) groups is 1. The summed E-state index contributed by atoms with van der Waals surface area (Å²) < 4.78 is 0. The third kappa shape index (κ3) is 2.84. The van der Waals surface area contributed by atoms with E-state index < -0.39 is 31.0 Å². The first-order chi connectivity index (χ1) is 5.54. The van der Waals surface area contributed by atoms with E-state index in [1.54, 1.807) is 0 Å². The molecule has 0 aliphatic heterocycles. The molecule has 4 atom stereocenters. The van der Waals surface area contributed by atoms with Crippen LogP contribution in [0.4, 0.5) is 0 Å². The van der Waals surface area contributed by atoms with Gasteiger partial charge in [-0.2, -0.15) is 0 Å². The largest absolute Gasteiger partial charge is 0.394 e. The first-order valence-electron chi connectivity index (χ1n) is 3.33. The highest BCUT2D eigenvalue weighted by molar-refractivity contribution is 5.56. The summed E-state index contributed by atoms with van der Waals surface area (Å²) in [5.41, 5.74) is 0. The van der Waals surface area contributed by atoms with Gasteiger partial charge in [-0.15, -0.1) is 0 Å². The SMILES string of the molecule is O=C[C@H](O)[C@@H](O)[13C@@H](O)[C@H](O)[13CH2]O. The number of hydrogen-bond acceptors (Lipinski definition) is 6. The maximum Gasteiger partial charge on any atom is 0.151 e. The molecule has 12 heavy (non-hydrogen) atoms. The summed E-state index contributed by atoms with van der Waals surface area (Å²) in [6.07, 6.45) is -6.84. The Morgan fingerprint density at radius 2 is 1.58 bits per heavy atom. The van der Waals surface area contributed by atoms with Crippen LogP contribution in [0.3, 0.4) is 0 Å². The summed E-state index contributed by atoms with van der Waals surface area (Å²) in [7, 11) is 0. The van der Waals surface area contributed by atoms with E-state index in [2.05, 4.69) is 0 Å². The Bertz CT molecular complexity index is 138. The minimum Gasteiger partial charge on any atom is -0.394 e. The topological polar surface area (TPSA) is 118 Å². The Balaban J connectivity index is 4.07. The molecule has 0 bridgehead atoms. The molecular formula is C6H12O6. The average molecular weight is 182 g/mol. The first-order valence-corrected chi connectivity index (χ1v) is 3.33. The molecule has 0 aliphatic rings. The number of rotatable bonds is 5. The van der Waals surface area contributed by atoms with Crippen molar-refractivity contribution in [3.63, 3.8) is 0 Å². The first kappa shape index (κ1) is 11.5. The highest BCUT2D eigenvalue weighted by atomic mass is 16.5. The second kappa shape index (κ2) is 5.18. The van der Waals surface area contributed by atoms with Gasteiger partial charge < -0.3 is 30.3 Å². The number of hydrogen-bond donors (Lipinski definition) is 5. The molecule has 0 aromatic rings. The second-order valence-corrected chi connectivity index (χ2v) is 2.36. The van der Waals surface area contributed by atoms with E-state index in [1.807, 2.05) is 0 Å². The maximum absolute atomic E-state index is 9.90. The molecule has 5 N–H and O–H groups in total. The van der Waals surface area contributed by atoms with Crippen LogP contribution in [0.25, 0.3) is 0 Å². The fourth-order valence-corrected chi connectivity index (χ4v) is 0.618. The molecule has 0 amide bonds. The lowest BCUT2D eigenvalue weighted by molar-refractivity contribution is -0.136. The van der Waals surface area contributed by atoms with Crippen molar-refractivity contribution < 1.29 is 30.3 Å². The lowest BCUT2D eigenvalue weighted by Gasteiger charge is -2.22. The molecule has 6 nitrogen and oxygen atoms in total. The third-order valence-corrected chi connectivity index (χ3v) is 1.42. The van der Waals surface area contributed by atoms with Crippen molar-refractivity contribution in [2.75, 3.05) is 6.61 Å². The molecule has 0 saturated carbocycles. The van der Waals surface area contributed by atoms with Gasteiger partial charge in [-0.1, -0.05) is 0 Å². The fourth-order valence-electron chi connectivity index (χ4n) is 0.618. The molecule has 0 aliphatic carbocycles. The Kier molecular flexibility index (Phi) is 4.95. The normalized spacial score (nSPS) is 21.1. The molecule has 6 heteroatoms. The summed E-state index contributed by atoms with van der Waals surface area (Å²) in [6.45, 7) is -0.760. The minimum absolute atomic E-state index is 0.0258. The van der Waals surface area contributed by atoms with Gasteiger partial charge in [0.25, 0.3) is 0 Å². The van der Waals surface area contributed by atoms with Gasteiger partial charge in [0.15, 0.2) is 6.29 Å². The molecule has 0 fully saturated rings. The van der Waals surface area contributed by atoms with Crippen LogP contribution in [-0.4, -0.2) is 62.8 Å². The summed E-state index contributed by atoms with van der Waals surface area (Å²) in [5.74, 6) is 0. The van der Waals surface area contributed by atoms with E-state index in [-0.39, 0.29) is 6.29 Å². The van der Waals surface area contributed by atoms with E-state index in [1.165, 1.54) is 0 Å². The summed E-state index contributed by atoms with van der Waals surface area (Å²) in [5, 5.41) is 43.5. The summed E-state index contributed by atoms with van der Waals surface area (Å²) in [6, 6.07) is 0. The van der Waals surface area contributed by atoms with E-state index in [9.17, 15) is 4.79 Å². The van der Waals surface area contributed by atoms with E-state index in [4.69, 9.17) is 25.5 Å². The van der Waals surface area contributed by atoms with E-state index >= 15 is 0 Å². The lowest BCUT2D eigenvalue weighted by Crippen LogP contribution is -2.46. The second-order valence-electron chi connectivity index (χ2n) is 2.36. The molecule has 0 rings (SSSR count). The van der Waals surface area contributed by atoms with Crippen LogP contribution >= 0.6 is 0 Å². The van der Waals surface area contributed by atoms with E-state index in [0.717, 1.165) is 0 Å². The zero-order chi connectivity index (χ0) is 9.72. The molecule has 0 radical (unpaired) electrons. The molecule has 0 unspecified atom stereocenters. The van der Waals surface area contributed by atoms with Crippen LogP contribution in [0.15, 0.2) is 0 Å². The van der Waals surface area contributed by atoms with Crippen LogP contribution in [0.2, 0.25) is 0 Å². The van der Waals surface area contributed by atoms with Crippen LogP contribution in [0.5, 0.6) is 0 Å². The maximum atomic E-state index is 9.90. The van der Waals surface area contributed by atoms with Gasteiger partial charge in [-0.25, -0.2) is 0 Å². The molecule has 0 aromatic carbocycles. The molecule has 72 valence electrons. The molecule has 0 aromatic heterocycles. The Labute approximate surface area is 68.7 Å². The van der Waals surface area contributed by atoms with E-state index in [0.29, 0.717) is 0 Å². The molecule has 0 saturated heterocycles. The predicted molar refractivity (Wildman–Crippen MR) is 37.2 cm³/mol. The van der Waals surface area contributed by atoms with Crippen LogP contribution in [-0.2, 0) is 4.79 Å². The van der Waals surface area contributed by atoms with Crippen molar-refractivity contribution in [1.29, 1.82) is 0 Å². The van der Waals surface area contributed by atoms with Gasteiger partial charge in [-0.3, -0.25) is 0 Å². The van der Waals surface area contributed by atoms with Gasteiger partial charge in [-0.05, 0) is 0 Å². The van der Waals surface area contributed by atoms with Crippen LogP contribution < -0.4 is 0 Å². The van der Waals surface area contributed by atoms with Crippen molar-refractivity contribution in [3.8, 4) is 0 Å². The lowest BCUT2D eigenvalue weighted by atomic mass is 10.3. The molecular weight excluding hydrogens is 170 g/mol. The standard InChI is InChI=1S/C6H12O6/c7-1-3(9)5(11)6(12)4(10)2-8/h1,3-6,8-12H,2H2/t3-,4+,5+,6-/m0/s1/i2+1,6+1. The van der Waals surface area contributed by atoms with Gasteiger partial charge in [0, 0.05) is 0 Å². The highest BCUT2D eigenvalue weighted by Crippen LogP contribution is 2.02. The molecule has 0 heterocycles. The van der Waals surface area contributed by atoms with Crippen molar-refractivity contribution >= 4 is 6.29 Å². The van der Waals surface area contributed by atoms with Crippen LogP contribution in [0, 0.1) is 0 Å². The number of carbonyl (C=O) groups excluding carboxylic acids is 1. The van der Waals surface area contributed by atoms with Gasteiger partial charge >= 0.3 is 0 Å². The minimum atomic E-state index is -1.79. The monoisotopic (exact) mass is 182 g/mol. The third-order valence-electron chi connectivity index (χ3n) is 1.42. The Morgan fingerprint density at radius 3 is 1.92 bits per heavy atom. The zero-order valence-corrected chi connectivity index (χ0v) is 6.24.